The molecule has 0 saturated heterocycles. The van der Waals surface area contributed by atoms with Gasteiger partial charge in [0.1, 0.15) is 0 Å². The Morgan fingerprint density at radius 3 is 2.23 bits per heavy atom. The van der Waals surface area contributed by atoms with Gasteiger partial charge in [-0.2, -0.15) is 0 Å². The molecule has 0 saturated carbocycles. The lowest BCUT2D eigenvalue weighted by Gasteiger charge is -2.13. The Balaban J connectivity index is 2.06. The van der Waals surface area contributed by atoms with Crippen LogP contribution in [0, 0.1) is 10.1 Å². The molecule has 0 heterocycles. The molecule has 2 aromatic carbocycles. The number of benzene rings is 2. The van der Waals surface area contributed by atoms with Crippen molar-refractivity contribution in [3.05, 3.63) is 70.3 Å². The number of sulfonamides is 1. The number of non-ortho nitro benzene ring substituents is 1. The molecular formula is C15H16N2O4S. The highest BCUT2D eigenvalue weighted by atomic mass is 32.2. The maximum absolute atomic E-state index is 12.2. The van der Waals surface area contributed by atoms with E-state index in [2.05, 4.69) is 4.72 Å². The molecule has 0 spiro atoms. The maximum Gasteiger partial charge on any atom is 0.269 e. The van der Waals surface area contributed by atoms with Crippen molar-refractivity contribution in [3.63, 3.8) is 0 Å². The Morgan fingerprint density at radius 1 is 1.09 bits per heavy atom. The normalized spacial score (nSPS) is 12.8. The molecule has 0 aliphatic carbocycles. The Bertz CT molecular complexity index is 743. The number of hydrogen-bond donors (Lipinski definition) is 1. The standard InChI is InChI=1S/C15H16N2O4S/c1-12(13-5-3-2-4-6-13)11-16-22(20,21)15-9-7-14(8-10-15)17(18)19/h2-10,12,16H,11H2,1H3/t12-/m0/s1. The summed E-state index contributed by atoms with van der Waals surface area (Å²) in [5, 5.41) is 10.6. The Hall–Kier alpha value is -2.25. The van der Waals surface area contributed by atoms with Crippen LogP contribution in [0.4, 0.5) is 5.69 Å². The Labute approximate surface area is 129 Å². The van der Waals surface area contributed by atoms with Crippen molar-refractivity contribution in [3.8, 4) is 0 Å². The Morgan fingerprint density at radius 2 is 1.68 bits per heavy atom. The van der Waals surface area contributed by atoms with Crippen molar-refractivity contribution in [1.29, 1.82) is 0 Å². The fourth-order valence-electron chi connectivity index (χ4n) is 1.96. The summed E-state index contributed by atoms with van der Waals surface area (Å²) >= 11 is 0. The zero-order valence-electron chi connectivity index (χ0n) is 12.0. The van der Waals surface area contributed by atoms with Crippen molar-refractivity contribution in [2.75, 3.05) is 6.54 Å². The van der Waals surface area contributed by atoms with E-state index < -0.39 is 14.9 Å². The second-order valence-electron chi connectivity index (χ2n) is 4.91. The zero-order chi connectivity index (χ0) is 16.2. The molecule has 7 heteroatoms. The van der Waals surface area contributed by atoms with E-state index in [1.165, 1.54) is 24.3 Å². The van der Waals surface area contributed by atoms with Gasteiger partial charge in [0.15, 0.2) is 0 Å². The molecule has 1 N–H and O–H groups in total. The minimum Gasteiger partial charge on any atom is -0.258 e. The highest BCUT2D eigenvalue weighted by Gasteiger charge is 2.17. The molecule has 2 aromatic rings. The van der Waals surface area contributed by atoms with Crippen molar-refractivity contribution in [1.82, 2.24) is 4.72 Å². The fraction of sp³-hybridized carbons (Fsp3) is 0.200. The number of rotatable bonds is 6. The third-order valence-corrected chi connectivity index (χ3v) is 4.75. The quantitative estimate of drug-likeness (QED) is 0.654. The predicted molar refractivity (Wildman–Crippen MR) is 83.1 cm³/mol. The summed E-state index contributed by atoms with van der Waals surface area (Å²) in [6.07, 6.45) is 0. The summed E-state index contributed by atoms with van der Waals surface area (Å²) in [4.78, 5) is 10.0. The SMILES string of the molecule is C[C@@H](CNS(=O)(=O)c1ccc([N+](=O)[O-])cc1)c1ccccc1. The summed E-state index contributed by atoms with van der Waals surface area (Å²) < 4.78 is 26.9. The molecule has 0 aromatic heterocycles. The van der Waals surface area contributed by atoms with Crippen LogP contribution in [-0.4, -0.2) is 19.9 Å². The molecule has 0 bridgehead atoms. The molecule has 1 atom stereocenters. The van der Waals surface area contributed by atoms with Gasteiger partial charge in [0.05, 0.1) is 9.82 Å². The monoisotopic (exact) mass is 320 g/mol. The van der Waals surface area contributed by atoms with E-state index in [9.17, 15) is 18.5 Å². The van der Waals surface area contributed by atoms with Crippen LogP contribution in [0.25, 0.3) is 0 Å². The summed E-state index contributed by atoms with van der Waals surface area (Å²) in [6.45, 7) is 2.18. The highest BCUT2D eigenvalue weighted by molar-refractivity contribution is 7.89. The van der Waals surface area contributed by atoms with Gasteiger partial charge in [-0.1, -0.05) is 37.3 Å². The van der Waals surface area contributed by atoms with Gasteiger partial charge in [0.2, 0.25) is 10.0 Å². The first-order valence-corrected chi connectivity index (χ1v) is 8.17. The van der Waals surface area contributed by atoms with Crippen LogP contribution in [0.15, 0.2) is 59.5 Å². The van der Waals surface area contributed by atoms with Crippen molar-refractivity contribution in [2.45, 2.75) is 17.7 Å². The van der Waals surface area contributed by atoms with Gasteiger partial charge in [-0.15, -0.1) is 0 Å². The minimum absolute atomic E-state index is 0.0124. The van der Waals surface area contributed by atoms with E-state index in [1.54, 1.807) is 0 Å². The molecule has 22 heavy (non-hydrogen) atoms. The first-order valence-electron chi connectivity index (χ1n) is 6.69. The molecule has 0 fully saturated rings. The van der Waals surface area contributed by atoms with Crippen LogP contribution in [0.2, 0.25) is 0 Å². The average molecular weight is 320 g/mol. The van der Waals surface area contributed by atoms with Crippen LogP contribution in [0.1, 0.15) is 18.4 Å². The summed E-state index contributed by atoms with van der Waals surface area (Å²) in [5.74, 6) is 0.0222. The third-order valence-electron chi connectivity index (χ3n) is 3.31. The molecule has 0 amide bonds. The van der Waals surface area contributed by atoms with Crippen molar-refractivity contribution >= 4 is 15.7 Å². The lowest BCUT2D eigenvalue weighted by atomic mass is 10.0. The average Bonchev–Trinajstić information content (AvgIpc) is 2.53. The lowest BCUT2D eigenvalue weighted by molar-refractivity contribution is -0.384. The van der Waals surface area contributed by atoms with E-state index in [0.29, 0.717) is 0 Å². The van der Waals surface area contributed by atoms with Crippen LogP contribution < -0.4 is 4.72 Å². The first kappa shape index (κ1) is 16.1. The van der Waals surface area contributed by atoms with E-state index in [4.69, 9.17) is 0 Å². The molecule has 0 aliphatic rings. The van der Waals surface area contributed by atoms with Gasteiger partial charge in [-0.25, -0.2) is 13.1 Å². The van der Waals surface area contributed by atoms with Crippen LogP contribution in [-0.2, 0) is 10.0 Å². The smallest absolute Gasteiger partial charge is 0.258 e. The van der Waals surface area contributed by atoms with Gasteiger partial charge >= 0.3 is 0 Å². The number of nitro groups is 1. The number of nitro benzene ring substituents is 1. The number of nitrogens with zero attached hydrogens (tertiary/aromatic N) is 1. The van der Waals surface area contributed by atoms with Crippen LogP contribution in [0.5, 0.6) is 0 Å². The zero-order valence-corrected chi connectivity index (χ0v) is 12.8. The summed E-state index contributed by atoms with van der Waals surface area (Å²) in [7, 11) is -3.68. The second-order valence-corrected chi connectivity index (χ2v) is 6.68. The number of hydrogen-bond acceptors (Lipinski definition) is 4. The van der Waals surface area contributed by atoms with E-state index >= 15 is 0 Å². The minimum atomic E-state index is -3.68. The van der Waals surface area contributed by atoms with Gasteiger partial charge in [-0.3, -0.25) is 10.1 Å². The van der Waals surface area contributed by atoms with Gasteiger partial charge in [-0.05, 0) is 23.6 Å². The Kier molecular flexibility index (Phi) is 4.89. The van der Waals surface area contributed by atoms with Gasteiger partial charge < -0.3 is 0 Å². The highest BCUT2D eigenvalue weighted by Crippen LogP contribution is 2.17. The fourth-order valence-corrected chi connectivity index (χ4v) is 3.09. The molecule has 0 unspecified atom stereocenters. The van der Waals surface area contributed by atoms with Gasteiger partial charge in [0, 0.05) is 18.7 Å². The van der Waals surface area contributed by atoms with E-state index in [0.717, 1.165) is 5.56 Å². The molecule has 6 nitrogen and oxygen atoms in total. The van der Waals surface area contributed by atoms with E-state index in [-0.39, 0.29) is 23.0 Å². The van der Waals surface area contributed by atoms with Crippen molar-refractivity contribution < 1.29 is 13.3 Å². The first-order chi connectivity index (χ1) is 10.4. The second kappa shape index (κ2) is 6.67. The lowest BCUT2D eigenvalue weighted by Crippen LogP contribution is -2.27. The number of nitrogens with one attached hydrogen (secondary N) is 1. The summed E-state index contributed by atoms with van der Waals surface area (Å²) in [5.41, 5.74) is 0.894. The molecule has 116 valence electrons. The topological polar surface area (TPSA) is 89.3 Å². The molecule has 2 rings (SSSR count). The van der Waals surface area contributed by atoms with Crippen LogP contribution >= 0.6 is 0 Å². The van der Waals surface area contributed by atoms with E-state index in [1.807, 2.05) is 37.3 Å². The maximum atomic E-state index is 12.2. The van der Waals surface area contributed by atoms with Crippen LogP contribution in [0.3, 0.4) is 0 Å². The summed E-state index contributed by atoms with van der Waals surface area (Å²) in [6, 6.07) is 14.4. The molecule has 0 radical (unpaired) electrons. The predicted octanol–water partition coefficient (Wildman–Crippen LogP) is 2.68. The molecular weight excluding hydrogens is 304 g/mol. The third kappa shape index (κ3) is 3.90. The van der Waals surface area contributed by atoms with Crippen molar-refractivity contribution in [2.24, 2.45) is 0 Å². The molecule has 0 aliphatic heterocycles. The van der Waals surface area contributed by atoms with Gasteiger partial charge in [0.25, 0.3) is 5.69 Å². The largest absolute Gasteiger partial charge is 0.269 e.